The van der Waals surface area contributed by atoms with Crippen LogP contribution in [0.2, 0.25) is 0 Å². The fourth-order valence-corrected chi connectivity index (χ4v) is 3.01. The first-order valence-electron chi connectivity index (χ1n) is 5.89. The number of aromatic nitrogens is 2. The van der Waals surface area contributed by atoms with E-state index in [0.717, 1.165) is 35.8 Å². The number of nitriles is 1. The van der Waals surface area contributed by atoms with Crippen molar-refractivity contribution in [3.05, 3.63) is 41.7 Å². The minimum absolute atomic E-state index is 0.421. The van der Waals surface area contributed by atoms with Gasteiger partial charge in [-0.1, -0.05) is 18.2 Å². The molecule has 0 spiro atoms. The van der Waals surface area contributed by atoms with Gasteiger partial charge < -0.3 is 4.90 Å². The van der Waals surface area contributed by atoms with Gasteiger partial charge in [0.15, 0.2) is 0 Å². The highest BCUT2D eigenvalue weighted by atomic mass is 32.1. The van der Waals surface area contributed by atoms with Gasteiger partial charge in [-0.25, -0.2) is 4.98 Å². The number of hydrogen-bond donors (Lipinski definition) is 0. The molecular weight excluding hydrogens is 244 g/mol. The maximum absolute atomic E-state index is 9.14. The van der Waals surface area contributed by atoms with E-state index in [-0.39, 0.29) is 0 Å². The highest BCUT2D eigenvalue weighted by molar-refractivity contribution is 7.09. The quantitative estimate of drug-likeness (QED) is 0.828. The second-order valence-corrected chi connectivity index (χ2v) is 5.11. The van der Waals surface area contributed by atoms with Crippen LogP contribution in [0.15, 0.2) is 30.6 Å². The van der Waals surface area contributed by atoms with Crippen molar-refractivity contribution in [2.75, 3.05) is 18.0 Å². The summed E-state index contributed by atoms with van der Waals surface area (Å²) in [7, 11) is 0. The Morgan fingerprint density at radius 1 is 1.39 bits per heavy atom. The molecule has 1 unspecified atom stereocenters. The van der Waals surface area contributed by atoms with Gasteiger partial charge in [0.05, 0.1) is 11.6 Å². The van der Waals surface area contributed by atoms with Gasteiger partial charge in [-0.15, -0.1) is 0 Å². The topological polar surface area (TPSA) is 52.8 Å². The van der Waals surface area contributed by atoms with Crippen LogP contribution in [-0.4, -0.2) is 22.4 Å². The molecule has 90 valence electrons. The van der Waals surface area contributed by atoms with E-state index in [1.54, 1.807) is 6.33 Å². The molecule has 0 saturated carbocycles. The van der Waals surface area contributed by atoms with Crippen molar-refractivity contribution in [1.29, 1.82) is 5.26 Å². The molecule has 4 nitrogen and oxygen atoms in total. The summed E-state index contributed by atoms with van der Waals surface area (Å²) in [4.78, 5) is 6.48. The molecule has 1 aromatic carbocycles. The van der Waals surface area contributed by atoms with Gasteiger partial charge in [-0.2, -0.15) is 9.64 Å². The van der Waals surface area contributed by atoms with Crippen LogP contribution < -0.4 is 4.90 Å². The van der Waals surface area contributed by atoms with E-state index in [9.17, 15) is 0 Å². The molecule has 1 atom stereocenters. The minimum Gasteiger partial charge on any atom is -0.346 e. The van der Waals surface area contributed by atoms with Crippen molar-refractivity contribution < 1.29 is 0 Å². The summed E-state index contributed by atoms with van der Waals surface area (Å²) >= 11 is 1.43. The summed E-state index contributed by atoms with van der Waals surface area (Å²) < 4.78 is 4.03. The molecule has 0 N–H and O–H groups in total. The summed E-state index contributed by atoms with van der Waals surface area (Å²) in [5.41, 5.74) is 1.95. The van der Waals surface area contributed by atoms with E-state index in [2.05, 4.69) is 26.4 Å². The Hall–Kier alpha value is -1.93. The van der Waals surface area contributed by atoms with E-state index in [0.29, 0.717) is 5.92 Å². The third kappa shape index (κ3) is 1.95. The van der Waals surface area contributed by atoms with Gasteiger partial charge in [0, 0.05) is 30.5 Å². The first kappa shape index (κ1) is 11.2. The molecule has 0 bridgehead atoms. The van der Waals surface area contributed by atoms with Gasteiger partial charge in [-0.3, -0.25) is 0 Å². The average molecular weight is 256 g/mol. The average Bonchev–Trinajstić information content (AvgIpc) is 3.09. The van der Waals surface area contributed by atoms with E-state index in [1.807, 2.05) is 18.2 Å². The van der Waals surface area contributed by atoms with Crippen LogP contribution in [0, 0.1) is 11.3 Å². The van der Waals surface area contributed by atoms with Crippen LogP contribution in [0.25, 0.3) is 0 Å². The Kier molecular flexibility index (Phi) is 2.95. The van der Waals surface area contributed by atoms with Crippen LogP contribution in [0.4, 0.5) is 5.13 Å². The molecule has 1 fully saturated rings. The van der Waals surface area contributed by atoms with E-state index < -0.39 is 0 Å². The maximum atomic E-state index is 9.14. The van der Waals surface area contributed by atoms with Gasteiger partial charge in [-0.05, 0) is 18.1 Å². The van der Waals surface area contributed by atoms with E-state index >= 15 is 0 Å². The summed E-state index contributed by atoms with van der Waals surface area (Å²) in [5, 5.41) is 10.1. The summed E-state index contributed by atoms with van der Waals surface area (Å²) in [6.07, 6.45) is 2.66. The fraction of sp³-hybridized carbons (Fsp3) is 0.308. The van der Waals surface area contributed by atoms with Gasteiger partial charge >= 0.3 is 0 Å². The second kappa shape index (κ2) is 4.75. The molecule has 2 aromatic rings. The normalized spacial score (nSPS) is 18.8. The standard InChI is InChI=1S/C13H12N4S/c14-7-10-3-1-2-4-12(10)11-5-6-17(8-11)13-15-9-16-18-13/h1-4,9,11H,5-6,8H2. The molecule has 2 heterocycles. The molecule has 18 heavy (non-hydrogen) atoms. The van der Waals surface area contributed by atoms with Crippen LogP contribution in [0.1, 0.15) is 23.5 Å². The zero-order chi connectivity index (χ0) is 12.4. The zero-order valence-corrected chi connectivity index (χ0v) is 10.6. The third-order valence-corrected chi connectivity index (χ3v) is 4.06. The lowest BCUT2D eigenvalue weighted by atomic mass is 9.94. The van der Waals surface area contributed by atoms with Gasteiger partial charge in [0.2, 0.25) is 5.13 Å². The lowest BCUT2D eigenvalue weighted by molar-refractivity contribution is 0.772. The predicted molar refractivity (Wildman–Crippen MR) is 70.6 cm³/mol. The molecule has 1 aliphatic heterocycles. The SMILES string of the molecule is N#Cc1ccccc1C1CCN(c2ncns2)C1. The smallest absolute Gasteiger partial charge is 0.204 e. The van der Waals surface area contributed by atoms with Crippen molar-refractivity contribution in [1.82, 2.24) is 9.36 Å². The minimum atomic E-state index is 0.421. The Bertz CT molecular complexity index is 573. The van der Waals surface area contributed by atoms with Gasteiger partial charge in [0.1, 0.15) is 6.33 Å². The summed E-state index contributed by atoms with van der Waals surface area (Å²) in [6, 6.07) is 10.2. The van der Waals surface area contributed by atoms with Crippen LogP contribution in [-0.2, 0) is 0 Å². The molecule has 3 rings (SSSR count). The monoisotopic (exact) mass is 256 g/mol. The lowest BCUT2D eigenvalue weighted by Crippen LogP contribution is -2.18. The van der Waals surface area contributed by atoms with Crippen LogP contribution >= 0.6 is 11.5 Å². The van der Waals surface area contributed by atoms with Crippen LogP contribution in [0.3, 0.4) is 0 Å². The molecule has 1 aliphatic rings. The summed E-state index contributed by atoms with van der Waals surface area (Å²) in [5.74, 6) is 0.421. The van der Waals surface area contributed by atoms with Crippen molar-refractivity contribution in [3.8, 4) is 6.07 Å². The van der Waals surface area contributed by atoms with E-state index in [4.69, 9.17) is 5.26 Å². The number of rotatable bonds is 2. The third-order valence-electron chi connectivity index (χ3n) is 3.33. The van der Waals surface area contributed by atoms with E-state index in [1.165, 1.54) is 11.5 Å². The Morgan fingerprint density at radius 3 is 3.06 bits per heavy atom. The van der Waals surface area contributed by atoms with Crippen molar-refractivity contribution in [2.24, 2.45) is 0 Å². The Balaban J connectivity index is 1.82. The fourth-order valence-electron chi connectivity index (χ4n) is 2.45. The largest absolute Gasteiger partial charge is 0.346 e. The molecule has 1 aromatic heterocycles. The maximum Gasteiger partial charge on any atom is 0.204 e. The molecular formula is C13H12N4S. The highest BCUT2D eigenvalue weighted by Gasteiger charge is 2.26. The number of nitrogens with zero attached hydrogens (tertiary/aromatic N) is 4. The Morgan fingerprint density at radius 2 is 2.28 bits per heavy atom. The van der Waals surface area contributed by atoms with Gasteiger partial charge in [0.25, 0.3) is 0 Å². The number of hydrogen-bond acceptors (Lipinski definition) is 5. The first-order chi connectivity index (χ1) is 8.88. The van der Waals surface area contributed by atoms with Crippen molar-refractivity contribution in [3.63, 3.8) is 0 Å². The molecule has 0 amide bonds. The highest BCUT2D eigenvalue weighted by Crippen LogP contribution is 2.32. The molecule has 1 saturated heterocycles. The predicted octanol–water partition coefficient (Wildman–Crippen LogP) is 2.40. The summed E-state index contributed by atoms with van der Waals surface area (Å²) in [6.45, 7) is 1.91. The van der Waals surface area contributed by atoms with Crippen molar-refractivity contribution >= 4 is 16.7 Å². The first-order valence-corrected chi connectivity index (χ1v) is 6.66. The van der Waals surface area contributed by atoms with Crippen molar-refractivity contribution in [2.45, 2.75) is 12.3 Å². The molecule has 0 aliphatic carbocycles. The number of anilines is 1. The number of benzene rings is 1. The Labute approximate surface area is 110 Å². The molecule has 5 heteroatoms. The van der Waals surface area contributed by atoms with Crippen LogP contribution in [0.5, 0.6) is 0 Å². The second-order valence-electron chi connectivity index (χ2n) is 4.35. The zero-order valence-electron chi connectivity index (χ0n) is 9.78. The lowest BCUT2D eigenvalue weighted by Gasteiger charge is -2.15. The molecule has 0 radical (unpaired) electrons.